The fourth-order valence-corrected chi connectivity index (χ4v) is 3.78. The van der Waals surface area contributed by atoms with E-state index in [-0.39, 0.29) is 17.9 Å². The summed E-state index contributed by atoms with van der Waals surface area (Å²) in [4.78, 5) is 5.14. The van der Waals surface area contributed by atoms with Gasteiger partial charge in [-0.05, 0) is 49.5 Å². The molecule has 0 bridgehead atoms. The molecule has 0 aliphatic carbocycles. The maximum absolute atomic E-state index is 6.09. The second-order valence-corrected chi connectivity index (χ2v) is 8.03. The van der Waals surface area contributed by atoms with Crippen molar-refractivity contribution in [2.45, 2.75) is 39.3 Å². The molecule has 1 heterocycles. The second kappa shape index (κ2) is 13.6. The largest absolute Gasteiger partial charge is 0.412 e. The quantitative estimate of drug-likeness (QED) is 0.571. The first-order valence-electron chi connectivity index (χ1n) is 10.4. The molecule has 0 amide bonds. The van der Waals surface area contributed by atoms with Crippen LogP contribution in [0.15, 0.2) is 60.7 Å². The van der Waals surface area contributed by atoms with Crippen molar-refractivity contribution in [1.82, 2.24) is 4.90 Å². The predicted molar refractivity (Wildman–Crippen MR) is 125 cm³/mol. The molecule has 3 rings (SSSR count). The molecule has 1 fully saturated rings. The van der Waals surface area contributed by atoms with E-state index in [0.717, 1.165) is 26.3 Å². The van der Waals surface area contributed by atoms with Crippen molar-refractivity contribution in [1.29, 1.82) is 0 Å². The lowest BCUT2D eigenvalue weighted by Crippen LogP contribution is -2.45. The smallest absolute Gasteiger partial charge is 0.0639 e. The number of halogens is 1. The molecule has 1 atom stereocenters. The van der Waals surface area contributed by atoms with Crippen molar-refractivity contribution in [2.24, 2.45) is 5.92 Å². The highest BCUT2D eigenvalue weighted by molar-refractivity contribution is 5.85. The van der Waals surface area contributed by atoms with Crippen LogP contribution in [-0.2, 0) is 11.3 Å². The maximum Gasteiger partial charge on any atom is 0.0639 e. The van der Waals surface area contributed by atoms with Crippen LogP contribution in [0.3, 0.4) is 0 Å². The van der Waals surface area contributed by atoms with Crippen LogP contribution in [0.25, 0.3) is 0 Å². The molecule has 1 aliphatic rings. The number of benzene rings is 2. The van der Waals surface area contributed by atoms with Crippen molar-refractivity contribution in [3.05, 3.63) is 66.2 Å². The van der Waals surface area contributed by atoms with Gasteiger partial charge in [0.05, 0.1) is 12.6 Å². The predicted octanol–water partition coefficient (Wildman–Crippen LogP) is 4.43. The molecule has 4 nitrogen and oxygen atoms in total. The standard InChI is InChI=1S/C24H34N2O.ClH.H2O/c1-21(2)19-27-20-24(25-15-9-10-16-25)18-26(23-13-7-4-8-14-23)17-22-11-5-3-6-12-22;;/h3-8,11-14,21,24H,9-10,15-20H2,1-2H3;1H;1H2/t24-;;/m1../s1. The van der Waals surface area contributed by atoms with Crippen molar-refractivity contribution in [2.75, 3.05) is 37.7 Å². The van der Waals surface area contributed by atoms with E-state index in [1.54, 1.807) is 0 Å². The van der Waals surface area contributed by atoms with Gasteiger partial charge in [0.1, 0.15) is 0 Å². The lowest BCUT2D eigenvalue weighted by molar-refractivity contribution is 0.0567. The molecule has 1 aliphatic heterocycles. The SMILES string of the molecule is CC(C)COC[C@@H](CN(Cc1ccccc1)c1ccccc1)N1CCCC1.Cl.O. The monoisotopic (exact) mass is 420 g/mol. The Hall–Kier alpha value is -1.59. The number of ether oxygens (including phenoxy) is 1. The Morgan fingerprint density at radius 2 is 1.48 bits per heavy atom. The summed E-state index contributed by atoms with van der Waals surface area (Å²) in [6, 6.07) is 22.0. The van der Waals surface area contributed by atoms with Crippen LogP contribution in [0, 0.1) is 5.92 Å². The highest BCUT2D eigenvalue weighted by Crippen LogP contribution is 2.20. The first-order valence-corrected chi connectivity index (χ1v) is 10.4. The van der Waals surface area contributed by atoms with Crippen molar-refractivity contribution < 1.29 is 10.2 Å². The Labute approximate surface area is 182 Å². The molecule has 1 saturated heterocycles. The van der Waals surface area contributed by atoms with E-state index in [0.29, 0.717) is 12.0 Å². The van der Waals surface area contributed by atoms with Crippen LogP contribution >= 0.6 is 12.4 Å². The van der Waals surface area contributed by atoms with E-state index in [9.17, 15) is 0 Å². The molecular weight excluding hydrogens is 384 g/mol. The van der Waals surface area contributed by atoms with Crippen LogP contribution in [0.5, 0.6) is 0 Å². The minimum atomic E-state index is 0. The van der Waals surface area contributed by atoms with Crippen LogP contribution in [-0.4, -0.2) is 49.3 Å². The number of para-hydroxylation sites is 1. The first kappa shape index (κ1) is 25.4. The summed E-state index contributed by atoms with van der Waals surface area (Å²) in [5, 5.41) is 0. The van der Waals surface area contributed by atoms with Gasteiger partial charge in [0.15, 0.2) is 0 Å². The molecule has 5 heteroatoms. The molecule has 0 radical (unpaired) electrons. The summed E-state index contributed by atoms with van der Waals surface area (Å²) in [6.07, 6.45) is 2.62. The van der Waals surface area contributed by atoms with Gasteiger partial charge in [-0.1, -0.05) is 62.4 Å². The third-order valence-corrected chi connectivity index (χ3v) is 5.19. The first-order chi connectivity index (χ1) is 13.2. The van der Waals surface area contributed by atoms with Gasteiger partial charge < -0.3 is 15.1 Å². The van der Waals surface area contributed by atoms with E-state index >= 15 is 0 Å². The van der Waals surface area contributed by atoms with Crippen LogP contribution in [0.2, 0.25) is 0 Å². The van der Waals surface area contributed by atoms with Gasteiger partial charge in [-0.3, -0.25) is 4.90 Å². The van der Waals surface area contributed by atoms with Gasteiger partial charge in [-0.25, -0.2) is 0 Å². The van der Waals surface area contributed by atoms with Gasteiger partial charge in [-0.2, -0.15) is 0 Å². The summed E-state index contributed by atoms with van der Waals surface area (Å²) in [6.45, 7) is 10.4. The zero-order valence-electron chi connectivity index (χ0n) is 17.8. The topological polar surface area (TPSA) is 47.2 Å². The average molecular weight is 421 g/mol. The summed E-state index contributed by atoms with van der Waals surface area (Å²) in [7, 11) is 0. The normalized spacial score (nSPS) is 14.9. The van der Waals surface area contributed by atoms with E-state index in [1.165, 1.54) is 37.2 Å². The Kier molecular flexibility index (Phi) is 11.9. The lowest BCUT2D eigenvalue weighted by atomic mass is 10.1. The number of hydrogen-bond donors (Lipinski definition) is 0. The summed E-state index contributed by atoms with van der Waals surface area (Å²) < 4.78 is 6.09. The zero-order chi connectivity index (χ0) is 18.9. The Morgan fingerprint density at radius 1 is 0.897 bits per heavy atom. The van der Waals surface area contributed by atoms with Crippen LogP contribution in [0.4, 0.5) is 5.69 Å². The number of rotatable bonds is 10. The molecule has 162 valence electrons. The summed E-state index contributed by atoms with van der Waals surface area (Å²) in [5.74, 6) is 0.582. The van der Waals surface area contributed by atoms with Gasteiger partial charge in [0.2, 0.25) is 0 Å². The highest BCUT2D eigenvalue weighted by atomic mass is 35.5. The highest BCUT2D eigenvalue weighted by Gasteiger charge is 2.25. The van der Waals surface area contributed by atoms with Gasteiger partial charge in [-0.15, -0.1) is 12.4 Å². The molecule has 2 aromatic carbocycles. The Balaban J connectivity index is 0.00000210. The number of hydrogen-bond acceptors (Lipinski definition) is 3. The number of nitrogens with zero attached hydrogens (tertiary/aromatic N) is 2. The Bertz CT molecular complexity index is 648. The van der Waals surface area contributed by atoms with Crippen molar-refractivity contribution in [3.63, 3.8) is 0 Å². The number of anilines is 1. The van der Waals surface area contributed by atoms with E-state index in [2.05, 4.69) is 84.3 Å². The molecule has 0 aromatic heterocycles. The maximum atomic E-state index is 6.09. The van der Waals surface area contributed by atoms with Crippen molar-refractivity contribution >= 4 is 18.1 Å². The van der Waals surface area contributed by atoms with Crippen LogP contribution < -0.4 is 4.90 Å². The van der Waals surface area contributed by atoms with E-state index in [1.807, 2.05) is 0 Å². The third kappa shape index (κ3) is 8.35. The fraction of sp³-hybridized carbons (Fsp3) is 0.500. The molecule has 29 heavy (non-hydrogen) atoms. The minimum Gasteiger partial charge on any atom is -0.412 e. The van der Waals surface area contributed by atoms with Crippen molar-refractivity contribution in [3.8, 4) is 0 Å². The van der Waals surface area contributed by atoms with E-state index in [4.69, 9.17) is 4.74 Å². The van der Waals surface area contributed by atoms with Gasteiger partial charge in [0, 0.05) is 25.4 Å². The fourth-order valence-electron chi connectivity index (χ4n) is 3.78. The minimum absolute atomic E-state index is 0. The van der Waals surface area contributed by atoms with E-state index < -0.39 is 0 Å². The third-order valence-electron chi connectivity index (χ3n) is 5.19. The molecule has 0 unspecified atom stereocenters. The molecule has 0 spiro atoms. The lowest BCUT2D eigenvalue weighted by Gasteiger charge is -2.34. The molecule has 2 N–H and O–H groups in total. The van der Waals surface area contributed by atoms with Gasteiger partial charge >= 0.3 is 0 Å². The summed E-state index contributed by atoms with van der Waals surface area (Å²) in [5.41, 5.74) is 2.64. The van der Waals surface area contributed by atoms with Crippen LogP contribution in [0.1, 0.15) is 32.3 Å². The number of likely N-dealkylation sites (tertiary alicyclic amines) is 1. The van der Waals surface area contributed by atoms with Gasteiger partial charge in [0.25, 0.3) is 0 Å². The molecule has 0 saturated carbocycles. The molecular formula is C24H37ClN2O2. The molecule has 2 aromatic rings. The summed E-state index contributed by atoms with van der Waals surface area (Å²) >= 11 is 0. The second-order valence-electron chi connectivity index (χ2n) is 8.03. The average Bonchev–Trinajstić information content (AvgIpc) is 3.22. The Morgan fingerprint density at radius 3 is 2.07 bits per heavy atom. The zero-order valence-corrected chi connectivity index (χ0v) is 18.6.